The summed E-state index contributed by atoms with van der Waals surface area (Å²) in [6.07, 6.45) is 2.85. The summed E-state index contributed by atoms with van der Waals surface area (Å²) in [5, 5.41) is 0. The lowest BCUT2D eigenvalue weighted by molar-refractivity contribution is -0.155. The van der Waals surface area contributed by atoms with Gasteiger partial charge in [0.2, 0.25) is 0 Å². The fraction of sp³-hybridized carbons (Fsp3) is 0.571. The Balaban J connectivity index is 1.99. The highest BCUT2D eigenvalue weighted by atomic mass is 16.6. The quantitative estimate of drug-likeness (QED) is 0.765. The van der Waals surface area contributed by atoms with Gasteiger partial charge < -0.3 is 4.74 Å². The molecule has 2 heterocycles. The number of carbonyl (C=O) groups is 1. The summed E-state index contributed by atoms with van der Waals surface area (Å²) >= 11 is 0. The summed E-state index contributed by atoms with van der Waals surface area (Å²) in [6, 6.07) is 4.12. The van der Waals surface area contributed by atoms with Gasteiger partial charge in [-0.1, -0.05) is 6.07 Å². The number of rotatable bonds is 3. The van der Waals surface area contributed by atoms with Crippen molar-refractivity contribution in [3.05, 3.63) is 29.6 Å². The first-order valence-corrected chi connectivity index (χ1v) is 6.31. The molecule has 0 fully saturated rings. The van der Waals surface area contributed by atoms with Crippen LogP contribution >= 0.6 is 0 Å². The van der Waals surface area contributed by atoms with Gasteiger partial charge in [-0.2, -0.15) is 0 Å². The van der Waals surface area contributed by atoms with Gasteiger partial charge in [0, 0.05) is 32.8 Å². The third kappa shape index (κ3) is 3.29. The van der Waals surface area contributed by atoms with E-state index in [0.717, 1.165) is 31.7 Å². The summed E-state index contributed by atoms with van der Waals surface area (Å²) in [4.78, 5) is 17.7. The average Bonchev–Trinajstić information content (AvgIpc) is 2.26. The molecule has 0 amide bonds. The van der Waals surface area contributed by atoms with Gasteiger partial charge in [-0.05, 0) is 31.9 Å². The minimum absolute atomic E-state index is 0.226. The molecule has 1 aromatic rings. The van der Waals surface area contributed by atoms with Crippen molar-refractivity contribution in [2.45, 2.75) is 39.3 Å². The van der Waals surface area contributed by atoms with Crippen molar-refractivity contribution in [2.75, 3.05) is 13.1 Å². The summed E-state index contributed by atoms with van der Waals surface area (Å²) in [6.45, 7) is 7.91. The maximum atomic E-state index is 11.0. The summed E-state index contributed by atoms with van der Waals surface area (Å²) in [5.41, 5.74) is 2.03. The van der Waals surface area contributed by atoms with E-state index in [1.165, 1.54) is 12.5 Å². The molecule has 0 unspecified atom stereocenters. The molecule has 0 bridgehead atoms. The number of hydrogen-bond acceptors (Lipinski definition) is 4. The van der Waals surface area contributed by atoms with Crippen molar-refractivity contribution >= 4 is 5.97 Å². The standard InChI is InChI=1S/C14H20N2O2/c1-11(17)18-14(2,3)10-16-8-6-12-5-4-7-15-13(12)9-16/h4-5,7H,6,8-10H2,1-3H3. The zero-order valence-electron chi connectivity index (χ0n) is 11.3. The zero-order chi connectivity index (χ0) is 13.2. The third-order valence-corrected chi connectivity index (χ3v) is 3.08. The number of nitrogens with zero attached hydrogens (tertiary/aromatic N) is 2. The van der Waals surface area contributed by atoms with Crippen LogP contribution in [-0.2, 0) is 22.5 Å². The molecular weight excluding hydrogens is 228 g/mol. The second kappa shape index (κ2) is 5.06. The molecular formula is C14H20N2O2. The van der Waals surface area contributed by atoms with E-state index in [1.54, 1.807) is 0 Å². The molecule has 0 saturated carbocycles. The van der Waals surface area contributed by atoms with Crippen LogP contribution < -0.4 is 0 Å². The van der Waals surface area contributed by atoms with Crippen LogP contribution in [0.1, 0.15) is 32.0 Å². The Bertz CT molecular complexity index is 443. The predicted octanol–water partition coefficient (Wildman–Crippen LogP) is 1.78. The lowest BCUT2D eigenvalue weighted by atomic mass is 10.0. The molecule has 1 aromatic heterocycles. The second-order valence-corrected chi connectivity index (χ2v) is 5.42. The molecule has 0 N–H and O–H groups in total. The van der Waals surface area contributed by atoms with E-state index >= 15 is 0 Å². The molecule has 1 aliphatic rings. The molecule has 1 aliphatic heterocycles. The number of ether oxygens (including phenoxy) is 1. The molecule has 0 atom stereocenters. The van der Waals surface area contributed by atoms with Crippen LogP contribution in [0.15, 0.2) is 18.3 Å². The van der Waals surface area contributed by atoms with Crippen molar-refractivity contribution in [3.8, 4) is 0 Å². The summed E-state index contributed by atoms with van der Waals surface area (Å²) in [7, 11) is 0. The van der Waals surface area contributed by atoms with Gasteiger partial charge in [0.1, 0.15) is 5.60 Å². The van der Waals surface area contributed by atoms with Gasteiger partial charge in [0.25, 0.3) is 0 Å². The van der Waals surface area contributed by atoms with Gasteiger partial charge in [0.15, 0.2) is 0 Å². The van der Waals surface area contributed by atoms with Gasteiger partial charge >= 0.3 is 5.97 Å². The first-order valence-electron chi connectivity index (χ1n) is 6.31. The van der Waals surface area contributed by atoms with Crippen LogP contribution in [0, 0.1) is 0 Å². The zero-order valence-corrected chi connectivity index (χ0v) is 11.3. The van der Waals surface area contributed by atoms with E-state index in [0.29, 0.717) is 0 Å². The molecule has 4 nitrogen and oxygen atoms in total. The van der Waals surface area contributed by atoms with Crippen LogP contribution in [0.2, 0.25) is 0 Å². The van der Waals surface area contributed by atoms with Gasteiger partial charge in [0.05, 0.1) is 5.69 Å². The molecule has 2 rings (SSSR count). The van der Waals surface area contributed by atoms with E-state index < -0.39 is 5.60 Å². The number of hydrogen-bond donors (Lipinski definition) is 0. The monoisotopic (exact) mass is 248 g/mol. The molecule has 0 saturated heterocycles. The van der Waals surface area contributed by atoms with Crippen molar-refractivity contribution in [1.82, 2.24) is 9.88 Å². The number of aromatic nitrogens is 1. The Morgan fingerprint density at radius 1 is 1.56 bits per heavy atom. The Kier molecular flexibility index (Phi) is 3.66. The van der Waals surface area contributed by atoms with E-state index in [-0.39, 0.29) is 5.97 Å². The highest BCUT2D eigenvalue weighted by Crippen LogP contribution is 2.20. The van der Waals surface area contributed by atoms with Crippen molar-refractivity contribution in [1.29, 1.82) is 0 Å². The number of fused-ring (bicyclic) bond motifs is 1. The van der Waals surface area contributed by atoms with Crippen LogP contribution in [0.25, 0.3) is 0 Å². The van der Waals surface area contributed by atoms with Gasteiger partial charge in [-0.3, -0.25) is 14.7 Å². The van der Waals surface area contributed by atoms with Gasteiger partial charge in [-0.15, -0.1) is 0 Å². The minimum atomic E-state index is -0.446. The van der Waals surface area contributed by atoms with Crippen molar-refractivity contribution in [2.24, 2.45) is 0 Å². The number of carbonyl (C=O) groups excluding carboxylic acids is 1. The van der Waals surface area contributed by atoms with Crippen molar-refractivity contribution < 1.29 is 9.53 Å². The molecule has 0 radical (unpaired) electrons. The smallest absolute Gasteiger partial charge is 0.303 e. The number of esters is 1. The van der Waals surface area contributed by atoms with E-state index in [4.69, 9.17) is 4.74 Å². The molecule has 98 valence electrons. The van der Waals surface area contributed by atoms with Crippen molar-refractivity contribution in [3.63, 3.8) is 0 Å². The first-order chi connectivity index (χ1) is 8.46. The topological polar surface area (TPSA) is 42.4 Å². The molecule has 0 aliphatic carbocycles. The normalized spacial score (nSPS) is 16.2. The molecule has 0 aromatic carbocycles. The van der Waals surface area contributed by atoms with E-state index in [1.807, 2.05) is 26.1 Å². The first kappa shape index (κ1) is 13.0. The highest BCUT2D eigenvalue weighted by molar-refractivity contribution is 5.66. The molecule has 4 heteroatoms. The maximum Gasteiger partial charge on any atom is 0.303 e. The van der Waals surface area contributed by atoms with E-state index in [9.17, 15) is 4.79 Å². The molecule has 18 heavy (non-hydrogen) atoms. The largest absolute Gasteiger partial charge is 0.458 e. The third-order valence-electron chi connectivity index (χ3n) is 3.08. The fourth-order valence-corrected chi connectivity index (χ4v) is 2.51. The Hall–Kier alpha value is -1.42. The van der Waals surface area contributed by atoms with Crippen LogP contribution in [0.5, 0.6) is 0 Å². The minimum Gasteiger partial charge on any atom is -0.458 e. The predicted molar refractivity (Wildman–Crippen MR) is 69.1 cm³/mol. The highest BCUT2D eigenvalue weighted by Gasteiger charge is 2.27. The average molecular weight is 248 g/mol. The van der Waals surface area contributed by atoms with Crippen LogP contribution in [0.3, 0.4) is 0 Å². The molecule has 0 spiro atoms. The second-order valence-electron chi connectivity index (χ2n) is 5.42. The Morgan fingerprint density at radius 2 is 2.33 bits per heavy atom. The maximum absolute atomic E-state index is 11.0. The fourth-order valence-electron chi connectivity index (χ4n) is 2.51. The van der Waals surface area contributed by atoms with Crippen LogP contribution in [-0.4, -0.2) is 34.5 Å². The number of pyridine rings is 1. The lowest BCUT2D eigenvalue weighted by Crippen LogP contribution is -2.43. The Labute approximate surface area is 108 Å². The SMILES string of the molecule is CC(=O)OC(C)(C)CN1CCc2cccnc2C1. The lowest BCUT2D eigenvalue weighted by Gasteiger charge is -2.34. The summed E-state index contributed by atoms with van der Waals surface area (Å²) in [5.74, 6) is -0.226. The van der Waals surface area contributed by atoms with Crippen LogP contribution in [0.4, 0.5) is 0 Å². The summed E-state index contributed by atoms with van der Waals surface area (Å²) < 4.78 is 5.33. The van der Waals surface area contributed by atoms with E-state index in [2.05, 4.69) is 16.0 Å². The Morgan fingerprint density at radius 3 is 3.06 bits per heavy atom. The van der Waals surface area contributed by atoms with Gasteiger partial charge in [-0.25, -0.2) is 0 Å².